The van der Waals surface area contributed by atoms with E-state index in [-0.39, 0.29) is 24.3 Å². The lowest BCUT2D eigenvalue weighted by Crippen LogP contribution is -2.15. The number of carbonyl (C=O) groups is 2. The van der Waals surface area contributed by atoms with E-state index >= 15 is 0 Å². The van der Waals surface area contributed by atoms with Crippen LogP contribution in [-0.4, -0.2) is 35.0 Å². The summed E-state index contributed by atoms with van der Waals surface area (Å²) in [7, 11) is 0. The number of pyridine rings is 2. The number of nitrogens with one attached hydrogen (secondary N) is 2. The molecule has 0 radical (unpaired) electrons. The average Bonchev–Trinajstić information content (AvgIpc) is 2.56. The molecule has 2 rings (SSSR count). The lowest BCUT2D eigenvalue weighted by atomic mass is 10.2. The van der Waals surface area contributed by atoms with E-state index in [2.05, 4.69) is 20.6 Å². The number of anilines is 2. The van der Waals surface area contributed by atoms with Crippen LogP contribution in [0.15, 0.2) is 24.5 Å². The molecule has 8 heteroatoms. The summed E-state index contributed by atoms with van der Waals surface area (Å²) >= 11 is 0. The molecule has 0 aliphatic carbocycles. The Morgan fingerprint density at radius 1 is 1.28 bits per heavy atom. The molecule has 0 aliphatic rings. The van der Waals surface area contributed by atoms with E-state index in [4.69, 9.17) is 4.74 Å². The van der Waals surface area contributed by atoms with Crippen LogP contribution in [0.4, 0.5) is 11.4 Å². The summed E-state index contributed by atoms with van der Waals surface area (Å²) in [5.41, 5.74) is 2.77. The molecule has 0 saturated heterocycles. The van der Waals surface area contributed by atoms with E-state index in [9.17, 15) is 9.59 Å². The van der Waals surface area contributed by atoms with E-state index in [0.29, 0.717) is 37.2 Å². The van der Waals surface area contributed by atoms with Gasteiger partial charge in [-0.25, -0.2) is 0 Å². The van der Waals surface area contributed by atoms with Crippen molar-refractivity contribution in [2.75, 3.05) is 23.8 Å². The zero-order chi connectivity index (χ0) is 17.4. The third kappa shape index (κ3) is 6.19. The number of hydrogen-bond acceptors (Lipinski definition) is 6. The zero-order valence-corrected chi connectivity index (χ0v) is 15.2. The number of rotatable bonds is 8. The van der Waals surface area contributed by atoms with Crippen LogP contribution < -0.4 is 10.6 Å². The monoisotopic (exact) mass is 366 g/mol. The van der Waals surface area contributed by atoms with Crippen molar-refractivity contribution in [1.82, 2.24) is 9.97 Å². The van der Waals surface area contributed by atoms with E-state index in [0.717, 1.165) is 17.6 Å². The molecular formula is C17H23ClN4O3. The maximum absolute atomic E-state index is 11.9. The average molecular weight is 367 g/mol. The maximum atomic E-state index is 11.9. The van der Waals surface area contributed by atoms with Gasteiger partial charge in [0.05, 0.1) is 29.7 Å². The van der Waals surface area contributed by atoms with Crippen molar-refractivity contribution in [1.29, 1.82) is 0 Å². The number of amides is 1. The largest absolute Gasteiger partial charge is 0.466 e. The molecule has 2 aromatic rings. The third-order valence-corrected chi connectivity index (χ3v) is 3.30. The molecule has 2 N–H and O–H groups in total. The van der Waals surface area contributed by atoms with Crippen LogP contribution in [0, 0.1) is 0 Å². The van der Waals surface area contributed by atoms with Crippen LogP contribution in [0.2, 0.25) is 0 Å². The maximum Gasteiger partial charge on any atom is 0.302 e. The molecule has 0 aliphatic heterocycles. The highest BCUT2D eigenvalue weighted by Gasteiger charge is 2.12. The molecule has 2 aromatic heterocycles. The van der Waals surface area contributed by atoms with Gasteiger partial charge in [0, 0.05) is 26.1 Å². The first kappa shape index (κ1) is 20.6. The molecule has 136 valence electrons. The van der Waals surface area contributed by atoms with Crippen LogP contribution in [-0.2, 0) is 14.3 Å². The van der Waals surface area contributed by atoms with Gasteiger partial charge in [-0.15, -0.1) is 12.4 Å². The zero-order valence-electron chi connectivity index (χ0n) is 14.4. The Hall–Kier alpha value is -2.41. The second-order valence-electron chi connectivity index (χ2n) is 5.34. The molecule has 0 unspecified atom stereocenters. The van der Waals surface area contributed by atoms with Gasteiger partial charge in [-0.05, 0) is 25.0 Å². The van der Waals surface area contributed by atoms with E-state index in [1.807, 2.05) is 19.1 Å². The number of hydrogen-bond donors (Lipinski definition) is 2. The highest BCUT2D eigenvalue weighted by Crippen LogP contribution is 2.28. The van der Waals surface area contributed by atoms with Gasteiger partial charge >= 0.3 is 5.97 Å². The number of ether oxygens (including phenoxy) is 1. The Balaban J connectivity index is 0.00000312. The van der Waals surface area contributed by atoms with Crippen molar-refractivity contribution < 1.29 is 14.3 Å². The first-order valence-electron chi connectivity index (χ1n) is 8.02. The van der Waals surface area contributed by atoms with Crippen LogP contribution in [0.5, 0.6) is 0 Å². The summed E-state index contributed by atoms with van der Waals surface area (Å²) in [6, 6.07) is 3.68. The van der Waals surface area contributed by atoms with Gasteiger partial charge < -0.3 is 15.4 Å². The number of halogens is 1. The molecule has 25 heavy (non-hydrogen) atoms. The van der Waals surface area contributed by atoms with Crippen molar-refractivity contribution >= 4 is 46.7 Å². The van der Waals surface area contributed by atoms with Crippen molar-refractivity contribution in [3.8, 4) is 0 Å². The normalized spacial score (nSPS) is 10.0. The first-order valence-corrected chi connectivity index (χ1v) is 8.02. The number of fused-ring (bicyclic) bond motifs is 1. The van der Waals surface area contributed by atoms with Crippen LogP contribution in [0.1, 0.15) is 33.1 Å². The van der Waals surface area contributed by atoms with E-state index < -0.39 is 0 Å². The van der Waals surface area contributed by atoms with Crippen LogP contribution in [0.3, 0.4) is 0 Å². The molecule has 0 bridgehead atoms. The van der Waals surface area contributed by atoms with Crippen molar-refractivity contribution in [3.63, 3.8) is 0 Å². The quantitative estimate of drug-likeness (QED) is 0.550. The lowest BCUT2D eigenvalue weighted by molar-refractivity contribution is -0.140. The summed E-state index contributed by atoms with van der Waals surface area (Å²) in [6.07, 6.45) is 5.19. The minimum absolute atomic E-state index is 0. The summed E-state index contributed by atoms with van der Waals surface area (Å²) in [5.74, 6) is -0.351. The predicted molar refractivity (Wildman–Crippen MR) is 100 cm³/mol. The molecule has 0 atom stereocenters. The number of carbonyl (C=O) groups excluding carboxylic acids is 2. The van der Waals surface area contributed by atoms with Gasteiger partial charge in [-0.1, -0.05) is 6.92 Å². The summed E-state index contributed by atoms with van der Waals surface area (Å²) < 4.78 is 4.92. The number of nitrogens with zero attached hydrogens (tertiary/aromatic N) is 2. The molecule has 7 nitrogen and oxygen atoms in total. The minimum Gasteiger partial charge on any atom is -0.466 e. The first-order chi connectivity index (χ1) is 11.6. The number of esters is 1. The van der Waals surface area contributed by atoms with E-state index in [1.54, 1.807) is 12.4 Å². The fourth-order valence-corrected chi connectivity index (χ4v) is 2.23. The molecule has 0 saturated carbocycles. The van der Waals surface area contributed by atoms with Crippen molar-refractivity contribution in [3.05, 3.63) is 24.5 Å². The van der Waals surface area contributed by atoms with Crippen LogP contribution in [0.25, 0.3) is 11.0 Å². The van der Waals surface area contributed by atoms with Gasteiger partial charge in [0.25, 0.3) is 0 Å². The topological polar surface area (TPSA) is 93.2 Å². The molecule has 1 amide bonds. The summed E-state index contributed by atoms with van der Waals surface area (Å²) in [6.45, 7) is 4.26. The van der Waals surface area contributed by atoms with Gasteiger partial charge in [-0.2, -0.15) is 0 Å². The minimum atomic E-state index is -0.293. The standard InChI is InChI=1S/C17H22N4O3.ClH/c1-3-6-15(23)21-14-11-20-13-7-4-8-18-16(13)17(14)19-9-5-10-24-12(2)22;/h4,7-8,11H,3,5-6,9-10H2,1-2H3,(H,19,20)(H,21,23);1H. The fraction of sp³-hybridized carbons (Fsp3) is 0.412. The van der Waals surface area contributed by atoms with Crippen molar-refractivity contribution in [2.24, 2.45) is 0 Å². The SMILES string of the molecule is CCCC(=O)Nc1cnc2cccnc2c1NCCCOC(C)=O.Cl. The highest BCUT2D eigenvalue weighted by atomic mass is 35.5. The fourth-order valence-electron chi connectivity index (χ4n) is 2.23. The van der Waals surface area contributed by atoms with Crippen molar-refractivity contribution in [2.45, 2.75) is 33.1 Å². The Morgan fingerprint density at radius 3 is 2.80 bits per heavy atom. The molecule has 0 spiro atoms. The van der Waals surface area contributed by atoms with Gasteiger partial charge in [0.2, 0.25) is 5.91 Å². The molecule has 0 fully saturated rings. The number of aromatic nitrogens is 2. The highest BCUT2D eigenvalue weighted by molar-refractivity contribution is 6.01. The molecule has 2 heterocycles. The lowest BCUT2D eigenvalue weighted by Gasteiger charge is -2.14. The Kier molecular flexibility index (Phi) is 8.63. The predicted octanol–water partition coefficient (Wildman–Crippen LogP) is 3.16. The Morgan fingerprint density at radius 2 is 2.08 bits per heavy atom. The smallest absolute Gasteiger partial charge is 0.302 e. The summed E-state index contributed by atoms with van der Waals surface area (Å²) in [4.78, 5) is 31.4. The second-order valence-corrected chi connectivity index (χ2v) is 5.34. The second kappa shape index (κ2) is 10.5. The van der Waals surface area contributed by atoms with Gasteiger partial charge in [0.15, 0.2) is 0 Å². The third-order valence-electron chi connectivity index (χ3n) is 3.30. The Bertz CT molecular complexity index is 724. The molecule has 0 aromatic carbocycles. The Labute approximate surface area is 153 Å². The molecular weight excluding hydrogens is 344 g/mol. The summed E-state index contributed by atoms with van der Waals surface area (Å²) in [5, 5.41) is 6.14. The van der Waals surface area contributed by atoms with Gasteiger partial charge in [-0.3, -0.25) is 19.6 Å². The van der Waals surface area contributed by atoms with E-state index in [1.165, 1.54) is 6.92 Å². The van der Waals surface area contributed by atoms with Crippen LogP contribution >= 0.6 is 12.4 Å². The van der Waals surface area contributed by atoms with Gasteiger partial charge in [0.1, 0.15) is 5.52 Å².